The third-order valence-electron chi connectivity index (χ3n) is 6.70. The van der Waals surface area contributed by atoms with Gasteiger partial charge in [0, 0.05) is 13.0 Å². The first-order chi connectivity index (χ1) is 15.5. The van der Waals surface area contributed by atoms with Crippen LogP contribution in [-0.2, 0) is 14.4 Å². The third kappa shape index (κ3) is 7.25. The van der Waals surface area contributed by atoms with E-state index in [1.165, 1.54) is 4.90 Å². The molecule has 2 rings (SSSR count). The number of carbonyl (C=O) groups excluding carboxylic acids is 3. The molecule has 1 saturated carbocycles. The minimum Gasteiger partial charge on any atom is -0.465 e. The van der Waals surface area contributed by atoms with Crippen LogP contribution in [0.5, 0.6) is 0 Å². The number of hydrogen-bond acceptors (Lipinski definition) is 5. The van der Waals surface area contributed by atoms with Crippen molar-refractivity contribution in [1.82, 2.24) is 15.5 Å². The Morgan fingerprint density at radius 3 is 2.15 bits per heavy atom. The lowest BCUT2D eigenvalue weighted by Gasteiger charge is -2.43. The molecule has 12 heteroatoms. The average Bonchev–Trinajstić information content (AvgIpc) is 3.44. The zero-order valence-electron chi connectivity index (χ0n) is 20.1. The highest BCUT2D eigenvalue weighted by atomic mass is 19.3. The van der Waals surface area contributed by atoms with Crippen LogP contribution in [0.15, 0.2) is 0 Å². The molecule has 4 atom stereocenters. The maximum absolute atomic E-state index is 13.4. The van der Waals surface area contributed by atoms with E-state index in [2.05, 4.69) is 10.6 Å². The smallest absolute Gasteiger partial charge is 0.405 e. The van der Waals surface area contributed by atoms with Gasteiger partial charge in [-0.2, -0.15) is 0 Å². The van der Waals surface area contributed by atoms with Gasteiger partial charge in [0.2, 0.25) is 23.6 Å². The van der Waals surface area contributed by atoms with Gasteiger partial charge in [-0.15, -0.1) is 0 Å². The average molecular weight is 491 g/mol. The van der Waals surface area contributed by atoms with Gasteiger partial charge < -0.3 is 31.5 Å². The maximum atomic E-state index is 13.4. The number of primary amides is 1. The molecule has 34 heavy (non-hydrogen) atoms. The van der Waals surface area contributed by atoms with E-state index in [4.69, 9.17) is 5.73 Å². The van der Waals surface area contributed by atoms with E-state index in [0.29, 0.717) is 19.8 Å². The summed E-state index contributed by atoms with van der Waals surface area (Å²) in [7, 11) is 0. The molecule has 2 fully saturated rings. The molecule has 194 valence electrons. The number of amides is 4. The molecule has 1 spiro atoms. The highest BCUT2D eigenvalue weighted by Gasteiger charge is 2.52. The van der Waals surface area contributed by atoms with Crippen molar-refractivity contribution in [2.75, 3.05) is 6.54 Å². The Hall–Kier alpha value is -2.50. The van der Waals surface area contributed by atoms with Crippen molar-refractivity contribution in [2.24, 2.45) is 16.6 Å². The molecule has 1 heterocycles. The number of nitrogens with one attached hydrogen (secondary N) is 2. The quantitative estimate of drug-likeness (QED) is 0.326. The number of halogens is 2. The van der Waals surface area contributed by atoms with Gasteiger partial charge in [0.1, 0.15) is 12.1 Å². The van der Waals surface area contributed by atoms with Gasteiger partial charge in [-0.3, -0.25) is 14.4 Å². The van der Waals surface area contributed by atoms with Gasteiger partial charge in [-0.05, 0) is 49.9 Å². The zero-order chi connectivity index (χ0) is 26.1. The Labute approximate surface area is 197 Å². The number of nitrogens with two attached hydrogens (primary N) is 1. The molecule has 4 amide bonds. The number of nitrogens with zero attached hydrogens (tertiary/aromatic N) is 1. The summed E-state index contributed by atoms with van der Waals surface area (Å²) in [4.78, 5) is 50.8. The van der Waals surface area contributed by atoms with Crippen LogP contribution in [0, 0.1) is 10.8 Å². The first-order valence-corrected chi connectivity index (χ1v) is 11.4. The number of aliphatic hydroxyl groups is 1. The molecule has 0 radical (unpaired) electrons. The number of piperidine rings is 1. The standard InChI is InChI=1S/C22H36F2N4O6/c1-20(2,3)15(27-19(33)34)18(32)28-10-9-22(7-8-22)11-13(28)17(31)26-12(14(29)16(25)30)5-6-21(4,23)24/h12-15,27,29H,5-11H2,1-4H3,(H2,25,30)(H,26,31)(H,33,34)/t12-,13-,14?,15+/m0/s1. The number of alkyl halides is 2. The Bertz CT molecular complexity index is 806. The van der Waals surface area contributed by atoms with Crippen LogP contribution in [-0.4, -0.2) is 75.6 Å². The number of carbonyl (C=O) groups is 4. The maximum Gasteiger partial charge on any atom is 0.405 e. The Balaban J connectivity index is 2.28. The molecular formula is C22H36F2N4O6. The Kier molecular flexibility index (Phi) is 8.17. The molecule has 1 aliphatic heterocycles. The molecule has 6 N–H and O–H groups in total. The second-order valence-corrected chi connectivity index (χ2v) is 10.8. The highest BCUT2D eigenvalue weighted by Crippen LogP contribution is 2.55. The van der Waals surface area contributed by atoms with E-state index in [1.54, 1.807) is 20.8 Å². The summed E-state index contributed by atoms with van der Waals surface area (Å²) in [6.07, 6.45) is -1.64. The van der Waals surface area contributed by atoms with Crippen LogP contribution in [0.4, 0.5) is 13.6 Å². The van der Waals surface area contributed by atoms with E-state index in [1.807, 2.05) is 0 Å². The zero-order valence-corrected chi connectivity index (χ0v) is 20.1. The second-order valence-electron chi connectivity index (χ2n) is 10.8. The Morgan fingerprint density at radius 1 is 1.12 bits per heavy atom. The molecule has 0 aromatic carbocycles. The molecule has 1 saturated heterocycles. The predicted octanol–water partition coefficient (Wildman–Crippen LogP) is 1.21. The normalized spacial score (nSPS) is 22.4. The molecule has 0 bridgehead atoms. The fourth-order valence-electron chi connectivity index (χ4n) is 4.40. The van der Waals surface area contributed by atoms with Gasteiger partial charge in [0.25, 0.3) is 0 Å². The summed E-state index contributed by atoms with van der Waals surface area (Å²) < 4.78 is 26.8. The number of likely N-dealkylation sites (tertiary alicyclic amines) is 1. The molecule has 2 aliphatic rings. The molecule has 1 unspecified atom stereocenters. The lowest BCUT2D eigenvalue weighted by molar-refractivity contribution is -0.148. The van der Waals surface area contributed by atoms with Crippen molar-refractivity contribution in [2.45, 2.75) is 96.4 Å². The molecule has 1 aliphatic carbocycles. The highest BCUT2D eigenvalue weighted by molar-refractivity contribution is 5.92. The number of rotatable bonds is 9. The van der Waals surface area contributed by atoms with E-state index in [-0.39, 0.29) is 12.0 Å². The van der Waals surface area contributed by atoms with Gasteiger partial charge >= 0.3 is 6.09 Å². The number of aliphatic hydroxyl groups excluding tert-OH is 1. The summed E-state index contributed by atoms with van der Waals surface area (Å²) in [5.74, 6) is -5.53. The number of carboxylic acid groups (broad SMARTS) is 1. The fourth-order valence-corrected chi connectivity index (χ4v) is 4.40. The first-order valence-electron chi connectivity index (χ1n) is 11.4. The fraction of sp³-hybridized carbons (Fsp3) is 0.818. The van der Waals surface area contributed by atoms with Gasteiger partial charge in [-0.25, -0.2) is 13.6 Å². The van der Waals surface area contributed by atoms with Gasteiger partial charge in [0.05, 0.1) is 6.04 Å². The second kappa shape index (κ2) is 10.0. The van der Waals surface area contributed by atoms with E-state index >= 15 is 0 Å². The SMILES string of the molecule is CC(F)(F)CC[C@H](NC(=O)[C@@H]1CC2(CCN1C(=O)[C@@H](NC(=O)O)C(C)(C)C)CC2)C(O)C(N)=O. The van der Waals surface area contributed by atoms with Crippen molar-refractivity contribution < 1.29 is 38.2 Å². The lowest BCUT2D eigenvalue weighted by Crippen LogP contribution is -2.63. The van der Waals surface area contributed by atoms with Crippen LogP contribution in [0.25, 0.3) is 0 Å². The Morgan fingerprint density at radius 2 is 1.71 bits per heavy atom. The van der Waals surface area contributed by atoms with Crippen LogP contribution in [0.1, 0.15) is 66.2 Å². The van der Waals surface area contributed by atoms with E-state index in [0.717, 1.165) is 12.8 Å². The third-order valence-corrected chi connectivity index (χ3v) is 6.70. The monoisotopic (exact) mass is 490 g/mol. The lowest BCUT2D eigenvalue weighted by atomic mass is 9.82. The van der Waals surface area contributed by atoms with Crippen LogP contribution in [0.2, 0.25) is 0 Å². The van der Waals surface area contributed by atoms with Crippen LogP contribution < -0.4 is 16.4 Å². The molecule has 10 nitrogen and oxygen atoms in total. The minimum absolute atomic E-state index is 0.107. The van der Waals surface area contributed by atoms with Gasteiger partial charge in [-0.1, -0.05) is 20.8 Å². The van der Waals surface area contributed by atoms with Crippen molar-refractivity contribution in [3.05, 3.63) is 0 Å². The summed E-state index contributed by atoms with van der Waals surface area (Å²) in [5.41, 5.74) is 4.24. The minimum atomic E-state index is -3.09. The van der Waals surface area contributed by atoms with E-state index in [9.17, 15) is 38.2 Å². The van der Waals surface area contributed by atoms with Gasteiger partial charge in [0.15, 0.2) is 6.10 Å². The summed E-state index contributed by atoms with van der Waals surface area (Å²) in [6.45, 7) is 5.98. The summed E-state index contributed by atoms with van der Waals surface area (Å²) in [6, 6.07) is -3.49. The topological polar surface area (TPSA) is 162 Å². The summed E-state index contributed by atoms with van der Waals surface area (Å²) >= 11 is 0. The van der Waals surface area contributed by atoms with Crippen molar-refractivity contribution in [3.8, 4) is 0 Å². The largest absolute Gasteiger partial charge is 0.465 e. The van der Waals surface area contributed by atoms with Crippen LogP contribution in [0.3, 0.4) is 0 Å². The van der Waals surface area contributed by atoms with Crippen LogP contribution >= 0.6 is 0 Å². The van der Waals surface area contributed by atoms with Crippen molar-refractivity contribution in [1.29, 1.82) is 0 Å². The predicted molar refractivity (Wildman–Crippen MR) is 118 cm³/mol. The number of hydrogen-bond donors (Lipinski definition) is 5. The summed E-state index contributed by atoms with van der Waals surface area (Å²) in [5, 5.41) is 24.0. The van der Waals surface area contributed by atoms with Crippen molar-refractivity contribution >= 4 is 23.8 Å². The molecule has 0 aromatic heterocycles. The first kappa shape index (κ1) is 27.7. The van der Waals surface area contributed by atoms with Crippen molar-refractivity contribution in [3.63, 3.8) is 0 Å². The molecule has 0 aromatic rings. The molecular weight excluding hydrogens is 454 g/mol. The van der Waals surface area contributed by atoms with E-state index < -0.39 is 72.2 Å².